The second-order valence-corrected chi connectivity index (χ2v) is 7.81. The molecular formula is C22H27N7O. The summed E-state index contributed by atoms with van der Waals surface area (Å²) in [7, 11) is 1.90. The normalized spacial score (nSPS) is 13.5. The molecule has 0 aliphatic rings. The molecule has 3 heterocycles. The lowest BCUT2D eigenvalue weighted by molar-refractivity contribution is 0.0915. The Morgan fingerprint density at radius 1 is 1.27 bits per heavy atom. The number of para-hydroxylation sites is 2. The third kappa shape index (κ3) is 3.49. The van der Waals surface area contributed by atoms with Crippen molar-refractivity contribution in [2.75, 3.05) is 0 Å². The molecule has 0 saturated heterocycles. The first-order chi connectivity index (χ1) is 14.4. The number of hydrogen-bond donors (Lipinski definition) is 3. The van der Waals surface area contributed by atoms with Crippen LogP contribution in [0.2, 0.25) is 0 Å². The first kappa shape index (κ1) is 19.9. The topological polar surface area (TPSA) is 104 Å². The Kier molecular flexibility index (Phi) is 5.15. The molecule has 0 radical (unpaired) electrons. The van der Waals surface area contributed by atoms with Crippen molar-refractivity contribution in [3.05, 3.63) is 53.2 Å². The first-order valence-electron chi connectivity index (χ1n) is 10.2. The Morgan fingerprint density at radius 2 is 2.03 bits per heavy atom. The molecule has 0 saturated carbocycles. The monoisotopic (exact) mass is 405 g/mol. The highest BCUT2D eigenvalue weighted by Gasteiger charge is 2.25. The lowest BCUT2D eigenvalue weighted by Gasteiger charge is -2.22. The van der Waals surface area contributed by atoms with Crippen LogP contribution in [0.25, 0.3) is 22.3 Å². The first-order valence-corrected chi connectivity index (χ1v) is 10.2. The number of nitrogens with zero attached hydrogens (tertiary/aromatic N) is 4. The zero-order valence-electron chi connectivity index (χ0n) is 17.9. The SMILES string of the molecule is CC[C@@H](C)[C@@H](NC(=O)c1cc(-c2c(C)nn(C)c2C)n[nH]1)c1nc2ccccc2[nH]1. The Morgan fingerprint density at radius 3 is 2.70 bits per heavy atom. The number of imidazole rings is 1. The molecule has 0 bridgehead atoms. The summed E-state index contributed by atoms with van der Waals surface area (Å²) in [6, 6.07) is 9.42. The molecule has 0 aliphatic carbocycles. The molecule has 1 aromatic carbocycles. The highest BCUT2D eigenvalue weighted by atomic mass is 16.2. The van der Waals surface area contributed by atoms with E-state index in [4.69, 9.17) is 4.98 Å². The van der Waals surface area contributed by atoms with Gasteiger partial charge in [-0.15, -0.1) is 0 Å². The summed E-state index contributed by atoms with van der Waals surface area (Å²) in [6.45, 7) is 8.15. The lowest BCUT2D eigenvalue weighted by atomic mass is 9.98. The maximum Gasteiger partial charge on any atom is 0.269 e. The van der Waals surface area contributed by atoms with E-state index in [2.05, 4.69) is 39.4 Å². The van der Waals surface area contributed by atoms with Gasteiger partial charge in [0.25, 0.3) is 5.91 Å². The fraction of sp³-hybridized carbons (Fsp3) is 0.364. The second-order valence-electron chi connectivity index (χ2n) is 7.81. The fourth-order valence-electron chi connectivity index (χ4n) is 3.77. The van der Waals surface area contributed by atoms with Gasteiger partial charge in [-0.2, -0.15) is 10.2 Å². The number of nitrogens with one attached hydrogen (secondary N) is 3. The molecule has 156 valence electrons. The van der Waals surface area contributed by atoms with Gasteiger partial charge in [-0.3, -0.25) is 14.6 Å². The molecule has 30 heavy (non-hydrogen) atoms. The van der Waals surface area contributed by atoms with Crippen molar-refractivity contribution in [1.29, 1.82) is 0 Å². The van der Waals surface area contributed by atoms with Crippen molar-refractivity contribution in [2.24, 2.45) is 13.0 Å². The van der Waals surface area contributed by atoms with E-state index in [1.54, 1.807) is 6.07 Å². The molecule has 8 nitrogen and oxygen atoms in total. The highest BCUT2D eigenvalue weighted by Crippen LogP contribution is 2.27. The van der Waals surface area contributed by atoms with Crippen molar-refractivity contribution < 1.29 is 4.79 Å². The summed E-state index contributed by atoms with van der Waals surface area (Å²) < 4.78 is 1.82. The summed E-state index contributed by atoms with van der Waals surface area (Å²) in [5, 5.41) is 14.8. The Labute approximate surface area is 175 Å². The number of fused-ring (bicyclic) bond motifs is 1. The van der Waals surface area contributed by atoms with Gasteiger partial charge in [0.1, 0.15) is 11.5 Å². The van der Waals surface area contributed by atoms with Gasteiger partial charge in [0.15, 0.2) is 0 Å². The van der Waals surface area contributed by atoms with E-state index < -0.39 is 0 Å². The van der Waals surface area contributed by atoms with Gasteiger partial charge in [-0.25, -0.2) is 4.98 Å². The Hall–Kier alpha value is -3.42. The van der Waals surface area contributed by atoms with E-state index in [0.29, 0.717) is 11.4 Å². The molecule has 2 atom stereocenters. The number of carbonyl (C=O) groups is 1. The molecule has 8 heteroatoms. The van der Waals surface area contributed by atoms with Crippen LogP contribution < -0.4 is 5.32 Å². The number of aromatic nitrogens is 6. The van der Waals surface area contributed by atoms with Crippen LogP contribution in [-0.2, 0) is 7.05 Å². The quantitative estimate of drug-likeness (QED) is 0.453. The van der Waals surface area contributed by atoms with Crippen molar-refractivity contribution in [3.8, 4) is 11.3 Å². The molecule has 3 aromatic heterocycles. The molecular weight excluding hydrogens is 378 g/mol. The molecule has 1 amide bonds. The standard InChI is InChI=1S/C22H27N7O/c1-6-12(2)20(21-23-15-9-7-8-10-16(15)24-21)25-22(30)18-11-17(26-27-18)19-13(3)28-29(5)14(19)4/h7-12,20H,6H2,1-5H3,(H,23,24)(H,25,30)(H,26,27)/t12-,20-/m1/s1. The van der Waals surface area contributed by atoms with Crippen LogP contribution in [0.4, 0.5) is 0 Å². The summed E-state index contributed by atoms with van der Waals surface area (Å²) in [6.07, 6.45) is 0.907. The minimum absolute atomic E-state index is 0.208. The summed E-state index contributed by atoms with van der Waals surface area (Å²) in [5.74, 6) is 0.760. The molecule has 3 N–H and O–H groups in total. The number of aromatic amines is 2. The van der Waals surface area contributed by atoms with Crippen molar-refractivity contribution in [1.82, 2.24) is 35.3 Å². The second kappa shape index (κ2) is 7.78. The maximum atomic E-state index is 13.0. The Bertz CT molecular complexity index is 1170. The number of benzene rings is 1. The summed E-state index contributed by atoms with van der Waals surface area (Å²) in [5.41, 5.74) is 5.81. The number of aryl methyl sites for hydroxylation is 2. The number of H-pyrrole nitrogens is 2. The van der Waals surface area contributed by atoms with Crippen LogP contribution >= 0.6 is 0 Å². The van der Waals surface area contributed by atoms with Gasteiger partial charge in [0, 0.05) is 18.3 Å². The predicted molar refractivity (Wildman–Crippen MR) is 116 cm³/mol. The number of carbonyl (C=O) groups excluding carboxylic acids is 1. The van der Waals surface area contributed by atoms with Crippen molar-refractivity contribution in [2.45, 2.75) is 40.2 Å². The highest BCUT2D eigenvalue weighted by molar-refractivity contribution is 5.93. The van der Waals surface area contributed by atoms with Crippen molar-refractivity contribution >= 4 is 16.9 Å². The fourth-order valence-corrected chi connectivity index (χ4v) is 3.77. The number of amides is 1. The van der Waals surface area contributed by atoms with Crippen LogP contribution in [-0.4, -0.2) is 35.9 Å². The third-order valence-corrected chi connectivity index (χ3v) is 5.79. The average molecular weight is 406 g/mol. The van der Waals surface area contributed by atoms with E-state index in [9.17, 15) is 4.79 Å². The zero-order valence-corrected chi connectivity index (χ0v) is 17.9. The van der Waals surface area contributed by atoms with Crippen LogP contribution in [0.1, 0.15) is 54.0 Å². The Balaban J connectivity index is 1.61. The van der Waals surface area contributed by atoms with Crippen LogP contribution in [0.3, 0.4) is 0 Å². The largest absolute Gasteiger partial charge is 0.340 e. The van der Waals surface area contributed by atoms with Crippen LogP contribution in [0.15, 0.2) is 30.3 Å². The number of rotatable bonds is 6. The van der Waals surface area contributed by atoms with E-state index in [1.165, 1.54) is 0 Å². The van der Waals surface area contributed by atoms with Gasteiger partial charge < -0.3 is 10.3 Å². The van der Waals surface area contributed by atoms with E-state index >= 15 is 0 Å². The molecule has 4 rings (SSSR count). The van der Waals surface area contributed by atoms with E-state index in [1.807, 2.05) is 49.8 Å². The summed E-state index contributed by atoms with van der Waals surface area (Å²) in [4.78, 5) is 21.1. The molecule has 0 unspecified atom stereocenters. The number of hydrogen-bond acceptors (Lipinski definition) is 4. The van der Waals surface area contributed by atoms with Gasteiger partial charge in [0.05, 0.1) is 28.5 Å². The molecule has 0 fully saturated rings. The average Bonchev–Trinajstić information content (AvgIpc) is 3.43. The van der Waals surface area contributed by atoms with Crippen LogP contribution in [0.5, 0.6) is 0 Å². The van der Waals surface area contributed by atoms with Gasteiger partial charge >= 0.3 is 0 Å². The van der Waals surface area contributed by atoms with E-state index in [-0.39, 0.29) is 17.9 Å². The zero-order chi connectivity index (χ0) is 21.4. The molecule has 0 aliphatic heterocycles. The molecule has 4 aromatic rings. The minimum Gasteiger partial charge on any atom is -0.340 e. The van der Waals surface area contributed by atoms with Crippen molar-refractivity contribution in [3.63, 3.8) is 0 Å². The third-order valence-electron chi connectivity index (χ3n) is 5.79. The van der Waals surface area contributed by atoms with Crippen LogP contribution in [0, 0.1) is 19.8 Å². The predicted octanol–water partition coefficient (Wildman–Crippen LogP) is 3.82. The summed E-state index contributed by atoms with van der Waals surface area (Å²) >= 11 is 0. The van der Waals surface area contributed by atoms with Gasteiger partial charge in [0.2, 0.25) is 0 Å². The molecule has 0 spiro atoms. The smallest absolute Gasteiger partial charge is 0.269 e. The van der Waals surface area contributed by atoms with Gasteiger partial charge in [-0.05, 0) is 38.0 Å². The lowest BCUT2D eigenvalue weighted by Crippen LogP contribution is -2.33. The minimum atomic E-state index is -0.233. The van der Waals surface area contributed by atoms with Gasteiger partial charge in [-0.1, -0.05) is 32.4 Å². The maximum absolute atomic E-state index is 13.0. The van der Waals surface area contributed by atoms with E-state index in [0.717, 1.165) is 40.2 Å².